The second-order valence-corrected chi connectivity index (χ2v) is 6.27. The van der Waals surface area contributed by atoms with Crippen LogP contribution in [0.5, 0.6) is 0 Å². The molecule has 5 nitrogen and oxygen atoms in total. The van der Waals surface area contributed by atoms with Crippen molar-refractivity contribution < 1.29 is 9.90 Å². The first-order chi connectivity index (χ1) is 9.38. The molecule has 1 aliphatic heterocycles. The van der Waals surface area contributed by atoms with Gasteiger partial charge in [-0.2, -0.15) is 0 Å². The number of nitrogens with zero attached hydrogens (tertiary/aromatic N) is 3. The number of piperidine rings is 1. The second-order valence-electron chi connectivity index (χ2n) is 6.27. The van der Waals surface area contributed by atoms with Crippen molar-refractivity contribution in [1.82, 2.24) is 9.97 Å². The summed E-state index contributed by atoms with van der Waals surface area (Å²) in [7, 11) is 0. The predicted octanol–water partition coefficient (Wildman–Crippen LogP) is 2.78. The molecule has 5 heteroatoms. The third kappa shape index (κ3) is 3.08. The summed E-state index contributed by atoms with van der Waals surface area (Å²) >= 11 is 0. The lowest BCUT2D eigenvalue weighted by molar-refractivity contribution is 0.0690. The Balaban J connectivity index is 2.37. The van der Waals surface area contributed by atoms with Crippen molar-refractivity contribution in [2.24, 2.45) is 11.8 Å². The highest BCUT2D eigenvalue weighted by atomic mass is 16.4. The number of rotatable bonds is 3. The van der Waals surface area contributed by atoms with E-state index in [2.05, 4.69) is 28.7 Å². The van der Waals surface area contributed by atoms with E-state index < -0.39 is 5.97 Å². The molecule has 2 heterocycles. The van der Waals surface area contributed by atoms with E-state index >= 15 is 0 Å². The maximum absolute atomic E-state index is 11.5. The Bertz CT molecular complexity index is 492. The molecule has 1 fully saturated rings. The number of carboxylic acid groups (broad SMARTS) is 1. The lowest BCUT2D eigenvalue weighted by Crippen LogP contribution is -2.39. The summed E-state index contributed by atoms with van der Waals surface area (Å²) in [6.07, 6.45) is 2.86. The van der Waals surface area contributed by atoms with Gasteiger partial charge in [-0.15, -0.1) is 0 Å². The molecule has 0 spiro atoms. The van der Waals surface area contributed by atoms with Crippen LogP contribution in [0, 0.1) is 11.8 Å². The first-order valence-electron chi connectivity index (χ1n) is 7.23. The molecule has 110 valence electrons. The maximum Gasteiger partial charge on any atom is 0.356 e. The Morgan fingerprint density at radius 1 is 1.35 bits per heavy atom. The highest BCUT2D eigenvalue weighted by Crippen LogP contribution is 2.28. The van der Waals surface area contributed by atoms with Crippen LogP contribution in [0.4, 0.5) is 5.69 Å². The fraction of sp³-hybridized carbons (Fsp3) is 0.667. The van der Waals surface area contributed by atoms with Crippen molar-refractivity contribution >= 4 is 11.7 Å². The molecule has 1 saturated heterocycles. The third-order valence-electron chi connectivity index (χ3n) is 3.72. The summed E-state index contributed by atoms with van der Waals surface area (Å²) in [4.78, 5) is 22.2. The van der Waals surface area contributed by atoms with Gasteiger partial charge in [0.05, 0.1) is 11.9 Å². The van der Waals surface area contributed by atoms with Crippen LogP contribution in [0.15, 0.2) is 6.20 Å². The van der Waals surface area contributed by atoms with Crippen LogP contribution in [0.1, 0.15) is 56.3 Å². The smallest absolute Gasteiger partial charge is 0.356 e. The maximum atomic E-state index is 11.5. The van der Waals surface area contributed by atoms with Crippen LogP contribution in [-0.2, 0) is 0 Å². The van der Waals surface area contributed by atoms with Crippen LogP contribution in [-0.4, -0.2) is 34.1 Å². The summed E-state index contributed by atoms with van der Waals surface area (Å²) in [5.74, 6) is 0.858. The average Bonchev–Trinajstić information content (AvgIpc) is 2.36. The van der Waals surface area contributed by atoms with Crippen molar-refractivity contribution in [1.29, 1.82) is 0 Å². The highest BCUT2D eigenvalue weighted by Gasteiger charge is 2.26. The Hall–Kier alpha value is -1.65. The minimum absolute atomic E-state index is 0.126. The van der Waals surface area contributed by atoms with Gasteiger partial charge in [-0.1, -0.05) is 27.7 Å². The van der Waals surface area contributed by atoms with E-state index in [1.165, 1.54) is 6.42 Å². The number of hydrogen-bond donors (Lipinski definition) is 1. The molecule has 2 rings (SSSR count). The lowest BCUT2D eigenvalue weighted by atomic mass is 9.91. The summed E-state index contributed by atoms with van der Waals surface area (Å²) in [6.45, 7) is 10.1. The van der Waals surface area contributed by atoms with Crippen molar-refractivity contribution in [2.75, 3.05) is 18.0 Å². The topological polar surface area (TPSA) is 66.3 Å². The normalized spacial score (nSPS) is 23.1. The number of carbonyl (C=O) groups is 1. The van der Waals surface area contributed by atoms with Crippen molar-refractivity contribution in [3.8, 4) is 0 Å². The summed E-state index contributed by atoms with van der Waals surface area (Å²) in [6, 6.07) is 0. The third-order valence-corrected chi connectivity index (χ3v) is 3.72. The van der Waals surface area contributed by atoms with Crippen molar-refractivity contribution in [3.63, 3.8) is 0 Å². The fourth-order valence-electron chi connectivity index (χ4n) is 2.92. The van der Waals surface area contributed by atoms with Gasteiger partial charge in [-0.25, -0.2) is 14.8 Å². The van der Waals surface area contributed by atoms with Gasteiger partial charge in [0.1, 0.15) is 5.82 Å². The van der Waals surface area contributed by atoms with E-state index in [1.54, 1.807) is 6.20 Å². The van der Waals surface area contributed by atoms with Gasteiger partial charge in [0.25, 0.3) is 0 Å². The summed E-state index contributed by atoms with van der Waals surface area (Å²) in [5, 5.41) is 9.42. The Kier molecular flexibility index (Phi) is 4.26. The standard InChI is InChI=1S/C15H23N3O2/c1-9(2)14-16-6-12(13(17-14)15(19)20)18-7-10(3)5-11(4)8-18/h6,9-11H,5,7-8H2,1-4H3,(H,19,20). The number of aromatic carboxylic acids is 1. The molecule has 0 aliphatic carbocycles. The second kappa shape index (κ2) is 5.77. The van der Waals surface area contributed by atoms with Gasteiger partial charge in [0, 0.05) is 19.0 Å². The molecular formula is C15H23N3O2. The largest absolute Gasteiger partial charge is 0.476 e. The molecule has 1 aromatic rings. The lowest BCUT2D eigenvalue weighted by Gasteiger charge is -2.36. The minimum Gasteiger partial charge on any atom is -0.476 e. The predicted molar refractivity (Wildman–Crippen MR) is 78.2 cm³/mol. The van der Waals surface area contributed by atoms with Crippen LogP contribution >= 0.6 is 0 Å². The summed E-state index contributed by atoms with van der Waals surface area (Å²) < 4.78 is 0. The molecular weight excluding hydrogens is 254 g/mol. The number of aromatic nitrogens is 2. The van der Waals surface area contributed by atoms with Crippen molar-refractivity contribution in [3.05, 3.63) is 17.7 Å². The molecule has 1 aliphatic rings. The van der Waals surface area contributed by atoms with E-state index in [4.69, 9.17) is 0 Å². The Morgan fingerprint density at radius 2 is 1.95 bits per heavy atom. The van der Waals surface area contributed by atoms with E-state index in [0.29, 0.717) is 23.3 Å². The number of anilines is 1. The van der Waals surface area contributed by atoms with Crippen LogP contribution < -0.4 is 4.90 Å². The monoisotopic (exact) mass is 277 g/mol. The molecule has 0 aromatic carbocycles. The average molecular weight is 277 g/mol. The Morgan fingerprint density at radius 3 is 2.45 bits per heavy atom. The first kappa shape index (κ1) is 14.8. The van der Waals surface area contributed by atoms with Crippen LogP contribution in [0.2, 0.25) is 0 Å². The van der Waals surface area contributed by atoms with Gasteiger partial charge in [-0.05, 0) is 18.3 Å². The van der Waals surface area contributed by atoms with Gasteiger partial charge < -0.3 is 10.0 Å². The number of hydrogen-bond acceptors (Lipinski definition) is 4. The molecule has 2 atom stereocenters. The highest BCUT2D eigenvalue weighted by molar-refractivity contribution is 5.92. The van der Waals surface area contributed by atoms with E-state index in [0.717, 1.165) is 13.1 Å². The zero-order chi connectivity index (χ0) is 14.9. The van der Waals surface area contributed by atoms with E-state index in [-0.39, 0.29) is 11.6 Å². The quantitative estimate of drug-likeness (QED) is 0.920. The Labute approximate surface area is 120 Å². The molecule has 2 unspecified atom stereocenters. The minimum atomic E-state index is -0.977. The molecule has 0 bridgehead atoms. The van der Waals surface area contributed by atoms with Crippen molar-refractivity contribution in [2.45, 2.75) is 40.0 Å². The zero-order valence-electron chi connectivity index (χ0n) is 12.6. The van der Waals surface area contributed by atoms with Gasteiger partial charge in [-0.3, -0.25) is 0 Å². The molecule has 0 amide bonds. The molecule has 1 N–H and O–H groups in total. The molecule has 1 aromatic heterocycles. The van der Waals surface area contributed by atoms with E-state index in [1.807, 2.05) is 13.8 Å². The van der Waals surface area contributed by atoms with Gasteiger partial charge >= 0.3 is 5.97 Å². The molecule has 0 saturated carbocycles. The number of carboxylic acids is 1. The van der Waals surface area contributed by atoms with Crippen LogP contribution in [0.3, 0.4) is 0 Å². The molecule has 0 radical (unpaired) electrons. The zero-order valence-corrected chi connectivity index (χ0v) is 12.6. The molecule has 20 heavy (non-hydrogen) atoms. The van der Waals surface area contributed by atoms with Gasteiger partial charge in [0.15, 0.2) is 5.69 Å². The fourth-order valence-corrected chi connectivity index (χ4v) is 2.92. The van der Waals surface area contributed by atoms with E-state index in [9.17, 15) is 9.90 Å². The SMILES string of the molecule is CC1CC(C)CN(c2cnc(C(C)C)nc2C(=O)O)C1. The first-order valence-corrected chi connectivity index (χ1v) is 7.23. The summed E-state index contributed by atoms with van der Waals surface area (Å²) in [5.41, 5.74) is 0.783. The van der Waals surface area contributed by atoms with Crippen LogP contribution in [0.25, 0.3) is 0 Å². The van der Waals surface area contributed by atoms with Gasteiger partial charge in [0.2, 0.25) is 0 Å².